The number of sulfonamides is 1. The van der Waals surface area contributed by atoms with Crippen LogP contribution in [-0.4, -0.2) is 58.3 Å². The minimum Gasteiger partial charge on any atom is -0.320 e. The monoisotopic (exact) mass is 275 g/mol. The molecule has 0 aromatic rings. The van der Waals surface area contributed by atoms with Gasteiger partial charge in [0.2, 0.25) is 10.0 Å². The number of hydrogen-bond acceptors (Lipinski definition) is 4. The zero-order valence-corrected chi connectivity index (χ0v) is 12.0. The number of unbranched alkanes of at least 4 members (excludes halogenated alkanes) is 1. The maximum absolute atomic E-state index is 12.0. The standard InChI is InChI=1S/C12H25N3O2S/c1-13-6-2-3-9-18(16,17)14-12-10-15-7-4-11(12)5-8-15/h11-14H,2-10H2,1H3. The summed E-state index contributed by atoms with van der Waals surface area (Å²) in [6.07, 6.45) is 3.94. The first-order chi connectivity index (χ1) is 8.61. The van der Waals surface area contributed by atoms with E-state index in [9.17, 15) is 8.42 Å². The van der Waals surface area contributed by atoms with E-state index < -0.39 is 10.0 Å². The molecule has 3 aliphatic heterocycles. The lowest BCUT2D eigenvalue weighted by atomic mass is 9.85. The van der Waals surface area contributed by atoms with Gasteiger partial charge in [-0.05, 0) is 58.3 Å². The third-order valence-electron chi connectivity index (χ3n) is 4.08. The van der Waals surface area contributed by atoms with Gasteiger partial charge in [-0.1, -0.05) is 0 Å². The normalized spacial score (nSPS) is 31.7. The van der Waals surface area contributed by atoms with E-state index in [4.69, 9.17) is 0 Å². The van der Waals surface area contributed by atoms with Gasteiger partial charge in [-0.2, -0.15) is 0 Å². The molecule has 2 bridgehead atoms. The maximum atomic E-state index is 12.0. The van der Waals surface area contributed by atoms with Crippen molar-refractivity contribution in [2.24, 2.45) is 5.92 Å². The van der Waals surface area contributed by atoms with E-state index in [2.05, 4.69) is 14.9 Å². The van der Waals surface area contributed by atoms with Crippen LogP contribution in [0.2, 0.25) is 0 Å². The molecule has 1 unspecified atom stereocenters. The average molecular weight is 275 g/mol. The first-order valence-electron chi connectivity index (χ1n) is 6.98. The molecule has 3 rings (SSSR count). The molecule has 6 heteroatoms. The molecule has 3 saturated heterocycles. The summed E-state index contributed by atoms with van der Waals surface area (Å²) in [7, 11) is -1.20. The maximum Gasteiger partial charge on any atom is 0.211 e. The summed E-state index contributed by atoms with van der Waals surface area (Å²) in [4.78, 5) is 2.37. The molecule has 18 heavy (non-hydrogen) atoms. The van der Waals surface area contributed by atoms with Crippen molar-refractivity contribution in [1.82, 2.24) is 14.9 Å². The Labute approximate surface area is 110 Å². The molecule has 3 fully saturated rings. The Morgan fingerprint density at radius 2 is 1.94 bits per heavy atom. The van der Waals surface area contributed by atoms with Crippen molar-refractivity contribution in [3.8, 4) is 0 Å². The van der Waals surface area contributed by atoms with E-state index in [-0.39, 0.29) is 11.8 Å². The minimum absolute atomic E-state index is 0.154. The van der Waals surface area contributed by atoms with Gasteiger partial charge in [0.1, 0.15) is 0 Å². The van der Waals surface area contributed by atoms with Gasteiger partial charge in [-0.25, -0.2) is 13.1 Å². The fraction of sp³-hybridized carbons (Fsp3) is 1.00. The topological polar surface area (TPSA) is 61.4 Å². The Hall–Kier alpha value is -0.170. The van der Waals surface area contributed by atoms with Crippen LogP contribution in [0, 0.1) is 5.92 Å². The molecule has 0 aromatic heterocycles. The second kappa shape index (κ2) is 6.32. The fourth-order valence-electron chi connectivity index (χ4n) is 2.98. The van der Waals surface area contributed by atoms with E-state index in [1.165, 1.54) is 0 Å². The summed E-state index contributed by atoms with van der Waals surface area (Å²) in [6, 6.07) is 0.154. The molecule has 0 aromatic carbocycles. The molecule has 2 N–H and O–H groups in total. The fourth-order valence-corrected chi connectivity index (χ4v) is 4.41. The number of piperidine rings is 3. The first-order valence-corrected chi connectivity index (χ1v) is 8.63. The van der Waals surface area contributed by atoms with Gasteiger partial charge in [0.25, 0.3) is 0 Å². The number of nitrogens with one attached hydrogen (secondary N) is 2. The van der Waals surface area contributed by atoms with Crippen LogP contribution < -0.4 is 10.0 Å². The van der Waals surface area contributed by atoms with Crippen LogP contribution in [0.3, 0.4) is 0 Å². The second-order valence-electron chi connectivity index (χ2n) is 5.49. The molecular weight excluding hydrogens is 250 g/mol. The Balaban J connectivity index is 1.77. The Morgan fingerprint density at radius 1 is 1.22 bits per heavy atom. The molecule has 3 aliphatic rings. The molecular formula is C12H25N3O2S. The van der Waals surface area contributed by atoms with Crippen LogP contribution in [0.15, 0.2) is 0 Å². The number of rotatable bonds is 7. The summed E-state index contributed by atoms with van der Waals surface area (Å²) in [5, 5.41) is 3.04. The highest BCUT2D eigenvalue weighted by Gasteiger charge is 2.35. The molecule has 0 amide bonds. The largest absolute Gasteiger partial charge is 0.320 e. The highest BCUT2D eigenvalue weighted by atomic mass is 32.2. The lowest BCUT2D eigenvalue weighted by molar-refractivity contribution is 0.0827. The zero-order chi connectivity index (χ0) is 13.0. The van der Waals surface area contributed by atoms with E-state index in [1.54, 1.807) is 0 Å². The van der Waals surface area contributed by atoms with Crippen molar-refractivity contribution < 1.29 is 8.42 Å². The number of nitrogens with zero attached hydrogens (tertiary/aromatic N) is 1. The molecule has 1 atom stereocenters. The quantitative estimate of drug-likeness (QED) is 0.642. The first kappa shape index (κ1) is 14.2. The lowest BCUT2D eigenvalue weighted by Crippen LogP contribution is -2.57. The van der Waals surface area contributed by atoms with Crippen LogP contribution in [-0.2, 0) is 10.0 Å². The molecule has 0 saturated carbocycles. The summed E-state index contributed by atoms with van der Waals surface area (Å²) >= 11 is 0. The Bertz CT molecular complexity index is 350. The summed E-state index contributed by atoms with van der Waals surface area (Å²) < 4.78 is 26.9. The van der Waals surface area contributed by atoms with E-state index >= 15 is 0 Å². The van der Waals surface area contributed by atoms with Crippen molar-refractivity contribution in [3.05, 3.63) is 0 Å². The van der Waals surface area contributed by atoms with Crippen LogP contribution in [0.5, 0.6) is 0 Å². The number of fused-ring (bicyclic) bond motifs is 3. The van der Waals surface area contributed by atoms with Gasteiger partial charge in [-0.3, -0.25) is 0 Å². The zero-order valence-electron chi connectivity index (χ0n) is 11.2. The Kier molecular flexibility index (Phi) is 5.00. The lowest BCUT2D eigenvalue weighted by Gasteiger charge is -2.44. The molecule has 0 radical (unpaired) electrons. The van der Waals surface area contributed by atoms with Gasteiger partial charge in [0, 0.05) is 12.6 Å². The predicted molar refractivity (Wildman–Crippen MR) is 73.0 cm³/mol. The Morgan fingerprint density at radius 3 is 2.50 bits per heavy atom. The highest BCUT2D eigenvalue weighted by Crippen LogP contribution is 2.27. The minimum atomic E-state index is -3.09. The van der Waals surface area contributed by atoms with E-state index in [0.29, 0.717) is 5.92 Å². The van der Waals surface area contributed by atoms with Crippen molar-refractivity contribution in [2.45, 2.75) is 31.7 Å². The molecule has 3 heterocycles. The van der Waals surface area contributed by atoms with Gasteiger partial charge < -0.3 is 10.2 Å². The van der Waals surface area contributed by atoms with E-state index in [0.717, 1.165) is 51.9 Å². The van der Waals surface area contributed by atoms with Crippen LogP contribution >= 0.6 is 0 Å². The second-order valence-corrected chi connectivity index (χ2v) is 7.37. The van der Waals surface area contributed by atoms with Crippen LogP contribution in [0.1, 0.15) is 25.7 Å². The third kappa shape index (κ3) is 3.91. The van der Waals surface area contributed by atoms with Gasteiger partial charge in [-0.15, -0.1) is 0 Å². The van der Waals surface area contributed by atoms with Crippen LogP contribution in [0.25, 0.3) is 0 Å². The smallest absolute Gasteiger partial charge is 0.211 e. The van der Waals surface area contributed by atoms with Crippen molar-refractivity contribution in [1.29, 1.82) is 0 Å². The average Bonchev–Trinajstić information content (AvgIpc) is 2.36. The molecule has 0 aliphatic carbocycles. The third-order valence-corrected chi connectivity index (χ3v) is 5.56. The molecule has 5 nitrogen and oxygen atoms in total. The van der Waals surface area contributed by atoms with Crippen molar-refractivity contribution in [2.75, 3.05) is 39.0 Å². The summed E-state index contributed by atoms with van der Waals surface area (Å²) in [5.41, 5.74) is 0. The highest BCUT2D eigenvalue weighted by molar-refractivity contribution is 7.89. The molecule has 0 spiro atoms. The van der Waals surface area contributed by atoms with Gasteiger partial charge in [0.15, 0.2) is 0 Å². The van der Waals surface area contributed by atoms with E-state index in [1.807, 2.05) is 7.05 Å². The van der Waals surface area contributed by atoms with Crippen molar-refractivity contribution in [3.63, 3.8) is 0 Å². The predicted octanol–water partition coefficient (Wildman–Crippen LogP) is -0.000400. The summed E-state index contributed by atoms with van der Waals surface area (Å²) in [6.45, 7) is 4.08. The summed E-state index contributed by atoms with van der Waals surface area (Å²) in [5.74, 6) is 0.819. The van der Waals surface area contributed by atoms with Crippen LogP contribution in [0.4, 0.5) is 0 Å². The van der Waals surface area contributed by atoms with Crippen molar-refractivity contribution >= 4 is 10.0 Å². The number of hydrogen-bond donors (Lipinski definition) is 2. The SMILES string of the molecule is CNCCCCS(=O)(=O)NC1CN2CCC1CC2. The van der Waals surface area contributed by atoms with Gasteiger partial charge in [0.05, 0.1) is 5.75 Å². The molecule has 106 valence electrons. The van der Waals surface area contributed by atoms with Gasteiger partial charge >= 0.3 is 0 Å².